The number of piperidine rings is 1. The third-order valence-corrected chi connectivity index (χ3v) is 6.20. The Morgan fingerprint density at radius 2 is 1.89 bits per heavy atom. The molecule has 11 heteroatoms. The summed E-state index contributed by atoms with van der Waals surface area (Å²) in [6.07, 6.45) is 2.82. The van der Waals surface area contributed by atoms with Crippen molar-refractivity contribution in [2.75, 3.05) is 38.7 Å². The highest BCUT2D eigenvalue weighted by atomic mass is 19.3. The first kappa shape index (κ1) is 25.9. The van der Waals surface area contributed by atoms with E-state index in [1.54, 1.807) is 12.1 Å². The first-order valence-corrected chi connectivity index (χ1v) is 11.7. The molecule has 0 amide bonds. The number of rotatable bonds is 10. The number of halogens is 4. The Morgan fingerprint density at radius 1 is 1.11 bits per heavy atom. The quantitative estimate of drug-likeness (QED) is 0.289. The Kier molecular flexibility index (Phi) is 8.42. The van der Waals surface area contributed by atoms with Gasteiger partial charge in [0.1, 0.15) is 18.0 Å². The lowest BCUT2D eigenvalue weighted by molar-refractivity contribution is -0.172. The van der Waals surface area contributed by atoms with Crippen LogP contribution in [0.1, 0.15) is 24.8 Å². The van der Waals surface area contributed by atoms with E-state index in [0.717, 1.165) is 13.0 Å². The van der Waals surface area contributed by atoms with Crippen molar-refractivity contribution < 1.29 is 31.8 Å². The van der Waals surface area contributed by atoms with Crippen molar-refractivity contribution in [2.24, 2.45) is 0 Å². The fourth-order valence-corrected chi connectivity index (χ4v) is 4.21. The number of fused-ring (bicyclic) bond motifs is 1. The number of benzene rings is 2. The van der Waals surface area contributed by atoms with Gasteiger partial charge in [0.25, 0.3) is 0 Å². The second kappa shape index (κ2) is 11.7. The van der Waals surface area contributed by atoms with E-state index >= 15 is 0 Å². The summed E-state index contributed by atoms with van der Waals surface area (Å²) in [5, 5.41) is 3.50. The molecule has 7 nitrogen and oxygen atoms in total. The van der Waals surface area contributed by atoms with Crippen LogP contribution in [0.25, 0.3) is 10.9 Å². The molecule has 2 aromatic carbocycles. The van der Waals surface area contributed by atoms with Crippen LogP contribution in [0.15, 0.2) is 30.6 Å². The van der Waals surface area contributed by atoms with E-state index in [1.807, 2.05) is 0 Å². The first-order chi connectivity index (χ1) is 17.4. The van der Waals surface area contributed by atoms with E-state index < -0.39 is 24.3 Å². The van der Waals surface area contributed by atoms with Crippen LogP contribution in [0.2, 0.25) is 0 Å². The van der Waals surface area contributed by atoms with Gasteiger partial charge < -0.3 is 24.4 Å². The van der Waals surface area contributed by atoms with Crippen LogP contribution in [0.3, 0.4) is 0 Å². The summed E-state index contributed by atoms with van der Waals surface area (Å²) in [4.78, 5) is 10.7. The lowest BCUT2D eigenvalue weighted by Gasteiger charge is -2.31. The molecule has 0 spiro atoms. The molecule has 0 atom stereocenters. The molecule has 194 valence electrons. The highest BCUT2D eigenvalue weighted by molar-refractivity contribution is 5.93. The topological polar surface area (TPSA) is 68.7 Å². The minimum absolute atomic E-state index is 0.0881. The number of nitrogens with zero attached hydrogens (tertiary/aromatic N) is 3. The van der Waals surface area contributed by atoms with E-state index in [9.17, 15) is 17.6 Å². The van der Waals surface area contributed by atoms with Gasteiger partial charge in [-0.2, -0.15) is 8.78 Å². The van der Waals surface area contributed by atoms with Gasteiger partial charge >= 0.3 is 6.61 Å². The highest BCUT2D eigenvalue weighted by Crippen LogP contribution is 2.35. The van der Waals surface area contributed by atoms with Crippen molar-refractivity contribution in [3.63, 3.8) is 0 Å². The Labute approximate surface area is 206 Å². The van der Waals surface area contributed by atoms with E-state index in [-0.39, 0.29) is 11.3 Å². The Hall–Kier alpha value is -3.18. The molecule has 1 fully saturated rings. The van der Waals surface area contributed by atoms with E-state index in [4.69, 9.17) is 9.47 Å². The number of ether oxygens (including phenoxy) is 3. The molecule has 1 saturated heterocycles. The van der Waals surface area contributed by atoms with Crippen LogP contribution < -0.4 is 14.8 Å². The lowest BCUT2D eigenvalue weighted by Crippen LogP contribution is -2.38. The molecule has 0 aliphatic carbocycles. The second-order valence-electron chi connectivity index (χ2n) is 8.54. The van der Waals surface area contributed by atoms with Crippen LogP contribution in [-0.2, 0) is 4.74 Å². The number of methoxy groups -OCH3 is 1. The molecule has 0 radical (unpaired) electrons. The van der Waals surface area contributed by atoms with Crippen molar-refractivity contribution in [1.29, 1.82) is 0 Å². The van der Waals surface area contributed by atoms with Gasteiger partial charge in [0, 0.05) is 36.7 Å². The number of alkyl halides is 2. The van der Waals surface area contributed by atoms with Gasteiger partial charge in [-0.1, -0.05) is 0 Å². The fourth-order valence-electron chi connectivity index (χ4n) is 4.21. The van der Waals surface area contributed by atoms with Gasteiger partial charge in [0.05, 0.1) is 31.0 Å². The number of anilines is 2. The molecular weight excluding hydrogens is 480 g/mol. The molecule has 1 aliphatic rings. The minimum Gasteiger partial charge on any atom is -0.493 e. The van der Waals surface area contributed by atoms with Gasteiger partial charge in [-0.3, -0.25) is 0 Å². The minimum atomic E-state index is -2.73. The molecule has 2 heterocycles. The molecular formula is C25H28F4N4O3. The van der Waals surface area contributed by atoms with Crippen molar-refractivity contribution in [2.45, 2.75) is 38.9 Å². The largest absolute Gasteiger partial charge is 0.493 e. The fraction of sp³-hybridized carbons (Fsp3) is 0.440. The third-order valence-electron chi connectivity index (χ3n) is 6.20. The zero-order chi connectivity index (χ0) is 25.7. The van der Waals surface area contributed by atoms with E-state index in [2.05, 4.69) is 24.9 Å². The monoisotopic (exact) mass is 508 g/mol. The van der Waals surface area contributed by atoms with E-state index in [0.29, 0.717) is 60.8 Å². The Bertz CT molecular complexity index is 1190. The average Bonchev–Trinajstić information content (AvgIpc) is 2.87. The van der Waals surface area contributed by atoms with Crippen LogP contribution in [0.5, 0.6) is 11.5 Å². The summed E-state index contributed by atoms with van der Waals surface area (Å²) in [5.74, 6) is -0.0247. The van der Waals surface area contributed by atoms with Crippen molar-refractivity contribution in [3.8, 4) is 11.5 Å². The molecule has 0 unspecified atom stereocenters. The van der Waals surface area contributed by atoms with Crippen LogP contribution in [-0.4, -0.2) is 60.9 Å². The number of nitrogens with one attached hydrogen (secondary N) is 1. The van der Waals surface area contributed by atoms with Gasteiger partial charge in [0.15, 0.2) is 17.3 Å². The maximum atomic E-state index is 14.5. The Morgan fingerprint density at radius 3 is 2.61 bits per heavy atom. The summed E-state index contributed by atoms with van der Waals surface area (Å²) in [6.45, 7) is 1.19. The Balaban J connectivity index is 1.42. The first-order valence-electron chi connectivity index (χ1n) is 11.7. The molecule has 1 aromatic heterocycles. The summed E-state index contributed by atoms with van der Waals surface area (Å²) < 4.78 is 69.0. The van der Waals surface area contributed by atoms with Crippen LogP contribution >= 0.6 is 0 Å². The number of hydrogen-bond donors (Lipinski definition) is 1. The molecule has 3 aromatic rings. The zero-order valence-electron chi connectivity index (χ0n) is 20.1. The van der Waals surface area contributed by atoms with Gasteiger partial charge in [0.2, 0.25) is 0 Å². The highest BCUT2D eigenvalue weighted by Gasteiger charge is 2.22. The normalized spacial score (nSPS) is 15.0. The van der Waals surface area contributed by atoms with Gasteiger partial charge in [-0.15, -0.1) is 0 Å². The SMILES string of the molecule is COc1cc2ncnc(Nc3ccc(F)c(C)c3F)c2cc1OCCCN1CCC(OC(F)F)CC1. The predicted molar refractivity (Wildman–Crippen MR) is 127 cm³/mol. The summed E-state index contributed by atoms with van der Waals surface area (Å²) >= 11 is 0. The van der Waals surface area contributed by atoms with Gasteiger partial charge in [-0.25, -0.2) is 18.7 Å². The molecule has 1 aliphatic heterocycles. The van der Waals surface area contributed by atoms with Crippen molar-refractivity contribution in [3.05, 3.63) is 47.8 Å². The zero-order valence-corrected chi connectivity index (χ0v) is 20.1. The maximum Gasteiger partial charge on any atom is 0.345 e. The molecule has 36 heavy (non-hydrogen) atoms. The van der Waals surface area contributed by atoms with E-state index in [1.165, 1.54) is 32.5 Å². The maximum absolute atomic E-state index is 14.5. The molecule has 0 saturated carbocycles. The molecule has 1 N–H and O–H groups in total. The smallest absolute Gasteiger partial charge is 0.345 e. The molecule has 0 bridgehead atoms. The molecule has 4 rings (SSSR count). The predicted octanol–water partition coefficient (Wildman–Crippen LogP) is 5.44. The van der Waals surface area contributed by atoms with Gasteiger partial charge in [-0.05, 0) is 44.4 Å². The average molecular weight is 509 g/mol. The number of likely N-dealkylation sites (tertiary alicyclic amines) is 1. The summed E-state index contributed by atoms with van der Waals surface area (Å²) in [5.41, 5.74) is 0.564. The second-order valence-corrected chi connectivity index (χ2v) is 8.54. The number of hydrogen-bond acceptors (Lipinski definition) is 7. The van der Waals surface area contributed by atoms with Crippen molar-refractivity contribution >= 4 is 22.4 Å². The standard InChI is InChI=1S/C25H28F4N4O3/c1-15-18(26)4-5-19(23(15)27)32-24-17-12-22(21(34-2)13-20(17)30-14-31-24)35-11-3-8-33-9-6-16(7-10-33)36-25(28)29/h4-5,12-14,16,25H,3,6-11H2,1-2H3,(H,30,31,32). The van der Waals surface area contributed by atoms with Crippen molar-refractivity contribution in [1.82, 2.24) is 14.9 Å². The van der Waals surface area contributed by atoms with Crippen LogP contribution in [0, 0.1) is 18.6 Å². The number of aromatic nitrogens is 2. The summed E-state index contributed by atoms with van der Waals surface area (Å²) in [6, 6.07) is 5.93. The lowest BCUT2D eigenvalue weighted by atomic mass is 10.1. The van der Waals surface area contributed by atoms with Crippen LogP contribution in [0.4, 0.5) is 29.1 Å². The third kappa shape index (κ3) is 6.14. The summed E-state index contributed by atoms with van der Waals surface area (Å²) in [7, 11) is 1.52.